The number of hydrogen-bond donors (Lipinski definition) is 0. The molecule has 0 aliphatic heterocycles. The molecule has 0 atom stereocenters. The second-order valence-corrected chi connectivity index (χ2v) is 3.13. The SMILES string of the molecule is CC(=O)COCCOCCI. The molecule has 0 aromatic carbocycles. The molecule has 0 aliphatic rings. The van der Waals surface area contributed by atoms with Gasteiger partial charge in [0, 0.05) is 4.43 Å². The van der Waals surface area contributed by atoms with Crippen molar-refractivity contribution in [3.8, 4) is 0 Å². The minimum atomic E-state index is 0.0545. The molecule has 3 nitrogen and oxygen atoms in total. The Bertz CT molecular complexity index is 106. The molecule has 0 spiro atoms. The fourth-order valence-corrected chi connectivity index (χ4v) is 0.802. The second kappa shape index (κ2) is 8.42. The third kappa shape index (κ3) is 10.3. The van der Waals surface area contributed by atoms with Gasteiger partial charge in [-0.1, -0.05) is 22.6 Å². The fraction of sp³-hybridized carbons (Fsp3) is 0.857. The lowest BCUT2D eigenvalue weighted by atomic mass is 10.5. The number of rotatable bonds is 7. The van der Waals surface area contributed by atoms with Gasteiger partial charge in [-0.2, -0.15) is 0 Å². The van der Waals surface area contributed by atoms with Crippen LogP contribution in [0.1, 0.15) is 6.92 Å². The molecule has 0 unspecified atom stereocenters. The van der Waals surface area contributed by atoms with E-state index >= 15 is 0 Å². The number of halogens is 1. The fourth-order valence-electron chi connectivity index (χ4n) is 0.490. The van der Waals surface area contributed by atoms with Gasteiger partial charge < -0.3 is 9.47 Å². The Morgan fingerprint density at radius 1 is 1.27 bits per heavy atom. The van der Waals surface area contributed by atoms with Crippen LogP contribution in [0.5, 0.6) is 0 Å². The second-order valence-electron chi connectivity index (χ2n) is 2.06. The van der Waals surface area contributed by atoms with E-state index in [0.29, 0.717) is 13.2 Å². The molecule has 11 heavy (non-hydrogen) atoms. The third-order valence-corrected chi connectivity index (χ3v) is 1.34. The summed E-state index contributed by atoms with van der Waals surface area (Å²) in [5.74, 6) is 0.0545. The minimum Gasteiger partial charge on any atom is -0.378 e. The molecule has 0 rings (SSSR count). The first-order valence-corrected chi connectivity index (χ1v) is 5.01. The normalized spacial score (nSPS) is 10.0. The van der Waals surface area contributed by atoms with E-state index in [0.717, 1.165) is 11.0 Å². The highest BCUT2D eigenvalue weighted by molar-refractivity contribution is 14.1. The topological polar surface area (TPSA) is 35.5 Å². The van der Waals surface area contributed by atoms with Crippen molar-refractivity contribution in [2.24, 2.45) is 0 Å². The molecule has 0 saturated heterocycles. The number of alkyl halides is 1. The monoisotopic (exact) mass is 272 g/mol. The zero-order chi connectivity index (χ0) is 8.53. The predicted octanol–water partition coefficient (Wildman–Crippen LogP) is 1.04. The highest BCUT2D eigenvalue weighted by Crippen LogP contribution is 1.83. The molecule has 4 heteroatoms. The van der Waals surface area contributed by atoms with Crippen LogP contribution in [0.25, 0.3) is 0 Å². The first-order valence-electron chi connectivity index (χ1n) is 3.48. The molecule has 0 radical (unpaired) electrons. The average molecular weight is 272 g/mol. The van der Waals surface area contributed by atoms with Crippen molar-refractivity contribution in [3.05, 3.63) is 0 Å². The van der Waals surface area contributed by atoms with E-state index in [1.165, 1.54) is 6.92 Å². The maximum absolute atomic E-state index is 10.4. The van der Waals surface area contributed by atoms with Crippen LogP contribution >= 0.6 is 22.6 Å². The Balaban J connectivity index is 2.85. The van der Waals surface area contributed by atoms with Gasteiger partial charge in [-0.25, -0.2) is 0 Å². The van der Waals surface area contributed by atoms with Crippen LogP contribution < -0.4 is 0 Å². The molecule has 0 fully saturated rings. The summed E-state index contributed by atoms with van der Waals surface area (Å²) in [5, 5.41) is 0. The van der Waals surface area contributed by atoms with Crippen molar-refractivity contribution in [1.82, 2.24) is 0 Å². The van der Waals surface area contributed by atoms with E-state index in [2.05, 4.69) is 22.6 Å². The summed E-state index contributed by atoms with van der Waals surface area (Å²) in [4.78, 5) is 10.4. The van der Waals surface area contributed by atoms with Gasteiger partial charge in [-0.15, -0.1) is 0 Å². The first-order chi connectivity index (χ1) is 5.27. The van der Waals surface area contributed by atoms with Gasteiger partial charge in [-0.3, -0.25) is 4.79 Å². The van der Waals surface area contributed by atoms with Crippen LogP contribution in [0.4, 0.5) is 0 Å². The largest absolute Gasteiger partial charge is 0.378 e. The Kier molecular flexibility index (Phi) is 8.66. The summed E-state index contributed by atoms with van der Waals surface area (Å²) in [6.45, 7) is 3.55. The minimum absolute atomic E-state index is 0.0545. The van der Waals surface area contributed by atoms with Gasteiger partial charge in [0.05, 0.1) is 19.8 Å². The molecule has 0 amide bonds. The van der Waals surface area contributed by atoms with E-state index in [9.17, 15) is 4.79 Å². The van der Waals surface area contributed by atoms with Crippen LogP contribution in [0.2, 0.25) is 0 Å². The smallest absolute Gasteiger partial charge is 0.155 e. The van der Waals surface area contributed by atoms with E-state index in [4.69, 9.17) is 9.47 Å². The Hall–Kier alpha value is 0.320. The molecule has 0 bridgehead atoms. The van der Waals surface area contributed by atoms with Crippen LogP contribution in [0.3, 0.4) is 0 Å². The predicted molar refractivity (Wildman–Crippen MR) is 51.2 cm³/mol. The number of ether oxygens (including phenoxy) is 2. The number of Topliss-reactive ketones (excluding diaryl/α,β-unsaturated/α-hetero) is 1. The highest BCUT2D eigenvalue weighted by atomic mass is 127. The Morgan fingerprint density at radius 2 is 1.91 bits per heavy atom. The molecule has 0 N–H and O–H groups in total. The molecule has 0 heterocycles. The number of carbonyl (C=O) groups excluding carboxylic acids is 1. The van der Waals surface area contributed by atoms with E-state index in [1.54, 1.807) is 0 Å². The lowest BCUT2D eigenvalue weighted by molar-refractivity contribution is -0.121. The molecule has 0 aromatic heterocycles. The summed E-state index contributed by atoms with van der Waals surface area (Å²) in [6.07, 6.45) is 0. The zero-order valence-corrected chi connectivity index (χ0v) is 8.80. The summed E-state index contributed by atoms with van der Waals surface area (Å²) >= 11 is 2.24. The lowest BCUT2D eigenvalue weighted by Gasteiger charge is -2.01. The van der Waals surface area contributed by atoms with Crippen molar-refractivity contribution in [2.75, 3.05) is 30.9 Å². The summed E-state index contributed by atoms with van der Waals surface area (Å²) in [6, 6.07) is 0. The van der Waals surface area contributed by atoms with Crippen molar-refractivity contribution in [3.63, 3.8) is 0 Å². The van der Waals surface area contributed by atoms with Gasteiger partial charge in [0.2, 0.25) is 0 Å². The summed E-state index contributed by atoms with van der Waals surface area (Å²) < 4.78 is 11.1. The number of hydrogen-bond acceptors (Lipinski definition) is 3. The quantitative estimate of drug-likeness (QED) is 0.394. The Labute approximate surface area is 80.6 Å². The lowest BCUT2D eigenvalue weighted by Crippen LogP contribution is -2.10. The van der Waals surface area contributed by atoms with Crippen molar-refractivity contribution >= 4 is 28.4 Å². The van der Waals surface area contributed by atoms with E-state index in [-0.39, 0.29) is 12.4 Å². The van der Waals surface area contributed by atoms with Gasteiger partial charge in [0.15, 0.2) is 5.78 Å². The highest BCUT2D eigenvalue weighted by Gasteiger charge is 1.92. The number of ketones is 1. The van der Waals surface area contributed by atoms with Crippen molar-refractivity contribution in [1.29, 1.82) is 0 Å². The maximum Gasteiger partial charge on any atom is 0.155 e. The van der Waals surface area contributed by atoms with Crippen molar-refractivity contribution < 1.29 is 14.3 Å². The molecule has 0 aliphatic carbocycles. The number of carbonyl (C=O) groups is 1. The van der Waals surface area contributed by atoms with Gasteiger partial charge in [-0.05, 0) is 6.92 Å². The van der Waals surface area contributed by atoms with Crippen LogP contribution in [0, 0.1) is 0 Å². The van der Waals surface area contributed by atoms with Crippen molar-refractivity contribution in [2.45, 2.75) is 6.92 Å². The standard InChI is InChI=1S/C7H13IO3/c1-7(9)6-11-5-4-10-3-2-8/h2-6H2,1H3. The molecule has 0 aromatic rings. The van der Waals surface area contributed by atoms with Crippen LogP contribution in [-0.2, 0) is 14.3 Å². The first kappa shape index (κ1) is 11.3. The third-order valence-electron chi connectivity index (χ3n) is 0.899. The van der Waals surface area contributed by atoms with Gasteiger partial charge >= 0.3 is 0 Å². The molecular formula is C7H13IO3. The summed E-state index contributed by atoms with van der Waals surface area (Å²) in [5.41, 5.74) is 0. The van der Waals surface area contributed by atoms with Crippen LogP contribution in [-0.4, -0.2) is 36.6 Å². The zero-order valence-electron chi connectivity index (χ0n) is 6.64. The molecular weight excluding hydrogens is 259 g/mol. The Morgan fingerprint density at radius 3 is 2.45 bits per heavy atom. The van der Waals surface area contributed by atoms with Gasteiger partial charge in [0.1, 0.15) is 6.61 Å². The molecule has 66 valence electrons. The van der Waals surface area contributed by atoms with Crippen LogP contribution in [0.15, 0.2) is 0 Å². The van der Waals surface area contributed by atoms with Gasteiger partial charge in [0.25, 0.3) is 0 Å². The maximum atomic E-state index is 10.4. The van der Waals surface area contributed by atoms with E-state index < -0.39 is 0 Å². The van der Waals surface area contributed by atoms with E-state index in [1.807, 2.05) is 0 Å². The summed E-state index contributed by atoms with van der Waals surface area (Å²) in [7, 11) is 0. The average Bonchev–Trinajstić information content (AvgIpc) is 1.96. The molecule has 0 saturated carbocycles.